The maximum absolute atomic E-state index is 13.2. The lowest BCUT2D eigenvalue weighted by atomic mass is 9.91. The number of hydrogen-bond donors (Lipinski definition) is 1. The monoisotopic (exact) mass is 341 g/mol. The molecule has 0 aliphatic carbocycles. The standard InChI is InChI=1S/C17H24FNO3S/c1-13-12-14(18)4-5-15(13)22-17(16(20)21)6-9-19(10-7-17)8-3-11-23-2/h4-5,12H,3,6-11H2,1-2H3,(H,20,21). The van der Waals surface area contributed by atoms with Crippen molar-refractivity contribution in [1.82, 2.24) is 4.90 Å². The van der Waals surface area contributed by atoms with E-state index in [1.807, 2.05) is 11.8 Å². The summed E-state index contributed by atoms with van der Waals surface area (Å²) in [6.07, 6.45) is 4.08. The fraction of sp³-hybridized carbons (Fsp3) is 0.588. The molecule has 1 heterocycles. The molecule has 0 aromatic heterocycles. The molecule has 0 spiro atoms. The Balaban J connectivity index is 2.03. The van der Waals surface area contributed by atoms with Crippen LogP contribution in [0.15, 0.2) is 18.2 Å². The third-order valence-corrected chi connectivity index (χ3v) is 5.02. The van der Waals surface area contributed by atoms with Gasteiger partial charge in [0, 0.05) is 25.9 Å². The summed E-state index contributed by atoms with van der Waals surface area (Å²) in [5.74, 6) is 0.281. The summed E-state index contributed by atoms with van der Waals surface area (Å²) in [7, 11) is 0. The number of rotatable bonds is 7. The predicted octanol–water partition coefficient (Wildman–Crippen LogP) is 3.19. The second kappa shape index (κ2) is 8.02. The highest BCUT2D eigenvalue weighted by Crippen LogP contribution is 2.31. The Bertz CT molecular complexity index is 545. The van der Waals surface area contributed by atoms with Crippen molar-refractivity contribution >= 4 is 17.7 Å². The van der Waals surface area contributed by atoms with Crippen LogP contribution >= 0.6 is 11.8 Å². The van der Waals surface area contributed by atoms with Crippen molar-refractivity contribution in [3.8, 4) is 5.75 Å². The maximum Gasteiger partial charge on any atom is 0.348 e. The molecule has 1 aliphatic rings. The number of halogens is 1. The number of aryl methyl sites for hydroxylation is 1. The predicted molar refractivity (Wildman–Crippen MR) is 90.8 cm³/mol. The summed E-state index contributed by atoms with van der Waals surface area (Å²) < 4.78 is 19.1. The van der Waals surface area contributed by atoms with Crippen molar-refractivity contribution < 1.29 is 19.0 Å². The lowest BCUT2D eigenvalue weighted by Gasteiger charge is -2.39. The zero-order chi connectivity index (χ0) is 16.9. The minimum Gasteiger partial charge on any atom is -0.478 e. The van der Waals surface area contributed by atoms with Crippen LogP contribution in [0.1, 0.15) is 24.8 Å². The molecule has 1 saturated heterocycles. The molecule has 0 saturated carbocycles. The van der Waals surface area contributed by atoms with Gasteiger partial charge in [-0.25, -0.2) is 9.18 Å². The summed E-state index contributed by atoms with van der Waals surface area (Å²) >= 11 is 1.82. The summed E-state index contributed by atoms with van der Waals surface area (Å²) in [5.41, 5.74) is -0.591. The van der Waals surface area contributed by atoms with Gasteiger partial charge < -0.3 is 14.7 Å². The Labute approximate surface area is 141 Å². The van der Waals surface area contributed by atoms with Crippen LogP contribution in [0.2, 0.25) is 0 Å². The highest BCUT2D eigenvalue weighted by atomic mass is 32.2. The second-order valence-corrected chi connectivity index (χ2v) is 6.98. The molecule has 23 heavy (non-hydrogen) atoms. The van der Waals surface area contributed by atoms with Crippen LogP contribution in [0.5, 0.6) is 5.75 Å². The van der Waals surface area contributed by atoms with Gasteiger partial charge in [-0.2, -0.15) is 11.8 Å². The first-order chi connectivity index (χ1) is 11.0. The first-order valence-corrected chi connectivity index (χ1v) is 9.26. The van der Waals surface area contributed by atoms with E-state index in [-0.39, 0.29) is 5.82 Å². The third kappa shape index (κ3) is 4.61. The number of piperidine rings is 1. The van der Waals surface area contributed by atoms with E-state index in [0.717, 1.165) is 18.7 Å². The van der Waals surface area contributed by atoms with Crippen LogP contribution in [-0.4, -0.2) is 53.2 Å². The Morgan fingerprint density at radius 2 is 2.13 bits per heavy atom. The average Bonchev–Trinajstić information content (AvgIpc) is 2.52. The third-order valence-electron chi connectivity index (χ3n) is 4.32. The van der Waals surface area contributed by atoms with Gasteiger partial charge in [0.25, 0.3) is 0 Å². The topological polar surface area (TPSA) is 49.8 Å². The van der Waals surface area contributed by atoms with Crippen molar-refractivity contribution in [3.63, 3.8) is 0 Å². The van der Waals surface area contributed by atoms with Crippen molar-refractivity contribution in [2.45, 2.75) is 31.8 Å². The SMILES string of the molecule is CSCCCN1CCC(Oc2ccc(F)cc2C)(C(=O)O)CC1. The van der Waals surface area contributed by atoms with Gasteiger partial charge in [0.15, 0.2) is 0 Å². The van der Waals surface area contributed by atoms with E-state index in [1.54, 1.807) is 6.92 Å². The second-order valence-electron chi connectivity index (χ2n) is 6.00. The molecule has 6 heteroatoms. The number of nitrogens with zero attached hydrogens (tertiary/aromatic N) is 1. The van der Waals surface area contributed by atoms with Crippen molar-refractivity contribution in [2.75, 3.05) is 31.6 Å². The highest BCUT2D eigenvalue weighted by molar-refractivity contribution is 7.98. The quantitative estimate of drug-likeness (QED) is 0.772. The number of benzene rings is 1. The van der Waals surface area contributed by atoms with E-state index in [2.05, 4.69) is 11.2 Å². The largest absolute Gasteiger partial charge is 0.478 e. The molecule has 0 unspecified atom stereocenters. The molecule has 0 amide bonds. The van der Waals surface area contributed by atoms with E-state index < -0.39 is 11.6 Å². The molecule has 1 aromatic carbocycles. The molecule has 4 nitrogen and oxygen atoms in total. The van der Waals surface area contributed by atoms with Crippen LogP contribution in [-0.2, 0) is 4.79 Å². The van der Waals surface area contributed by atoms with Gasteiger partial charge in [-0.15, -0.1) is 0 Å². The summed E-state index contributed by atoms with van der Waals surface area (Å²) in [6.45, 7) is 4.14. The normalized spacial score (nSPS) is 17.9. The minimum absolute atomic E-state index is 0.345. The molecule has 128 valence electrons. The zero-order valence-electron chi connectivity index (χ0n) is 13.7. The van der Waals surface area contributed by atoms with E-state index in [0.29, 0.717) is 37.2 Å². The Morgan fingerprint density at radius 3 is 2.70 bits per heavy atom. The number of hydrogen-bond acceptors (Lipinski definition) is 4. The summed E-state index contributed by atoms with van der Waals surface area (Å²) in [5, 5.41) is 9.68. The molecule has 2 rings (SSSR count). The number of thioether (sulfide) groups is 1. The fourth-order valence-electron chi connectivity index (χ4n) is 2.87. The van der Waals surface area contributed by atoms with E-state index in [9.17, 15) is 14.3 Å². The summed E-state index contributed by atoms with van der Waals surface area (Å²) in [6, 6.07) is 4.18. The number of carbonyl (C=O) groups is 1. The van der Waals surface area contributed by atoms with Crippen LogP contribution in [0.25, 0.3) is 0 Å². The molecule has 1 N–H and O–H groups in total. The lowest BCUT2D eigenvalue weighted by Crippen LogP contribution is -2.53. The smallest absolute Gasteiger partial charge is 0.348 e. The van der Waals surface area contributed by atoms with Crippen LogP contribution in [0.3, 0.4) is 0 Å². The van der Waals surface area contributed by atoms with Gasteiger partial charge in [0.05, 0.1) is 0 Å². The number of ether oxygens (including phenoxy) is 1. The van der Waals surface area contributed by atoms with Gasteiger partial charge in [-0.05, 0) is 55.7 Å². The molecule has 0 radical (unpaired) electrons. The Morgan fingerprint density at radius 1 is 1.43 bits per heavy atom. The Hall–Kier alpha value is -1.27. The van der Waals surface area contributed by atoms with Crippen molar-refractivity contribution in [3.05, 3.63) is 29.6 Å². The van der Waals surface area contributed by atoms with Crippen LogP contribution < -0.4 is 4.74 Å². The van der Waals surface area contributed by atoms with Gasteiger partial charge in [-0.3, -0.25) is 0 Å². The van der Waals surface area contributed by atoms with E-state index >= 15 is 0 Å². The maximum atomic E-state index is 13.2. The van der Waals surface area contributed by atoms with Gasteiger partial charge >= 0.3 is 5.97 Å². The number of carboxylic acids is 1. The molecule has 1 fully saturated rings. The molecule has 0 atom stereocenters. The van der Waals surface area contributed by atoms with Crippen LogP contribution in [0.4, 0.5) is 4.39 Å². The first kappa shape index (κ1) is 18.1. The fourth-order valence-corrected chi connectivity index (χ4v) is 3.29. The number of likely N-dealkylation sites (tertiary alicyclic amines) is 1. The number of carboxylic acid groups (broad SMARTS) is 1. The molecule has 1 aromatic rings. The Kier molecular flexibility index (Phi) is 6.30. The van der Waals surface area contributed by atoms with Crippen LogP contribution in [0, 0.1) is 12.7 Å². The molecular formula is C17H24FNO3S. The highest BCUT2D eigenvalue weighted by Gasteiger charge is 2.44. The average molecular weight is 341 g/mol. The molecule has 1 aliphatic heterocycles. The van der Waals surface area contributed by atoms with E-state index in [1.165, 1.54) is 18.2 Å². The van der Waals surface area contributed by atoms with Gasteiger partial charge in [0.2, 0.25) is 5.60 Å². The zero-order valence-corrected chi connectivity index (χ0v) is 14.5. The number of aliphatic carboxylic acids is 1. The lowest BCUT2D eigenvalue weighted by molar-refractivity contribution is -0.159. The first-order valence-electron chi connectivity index (χ1n) is 7.87. The minimum atomic E-state index is -1.21. The summed E-state index contributed by atoms with van der Waals surface area (Å²) in [4.78, 5) is 14.1. The van der Waals surface area contributed by atoms with Gasteiger partial charge in [-0.1, -0.05) is 0 Å². The molecular weight excluding hydrogens is 317 g/mol. The van der Waals surface area contributed by atoms with E-state index in [4.69, 9.17) is 4.74 Å². The van der Waals surface area contributed by atoms with Crippen molar-refractivity contribution in [1.29, 1.82) is 0 Å². The van der Waals surface area contributed by atoms with Crippen molar-refractivity contribution in [2.24, 2.45) is 0 Å². The van der Waals surface area contributed by atoms with Gasteiger partial charge in [0.1, 0.15) is 11.6 Å². The molecule has 0 bridgehead atoms.